The third-order valence-corrected chi connectivity index (χ3v) is 7.51. The Labute approximate surface area is 230 Å². The molecule has 0 radical (unpaired) electrons. The van der Waals surface area contributed by atoms with Crippen LogP contribution >= 0.6 is 0 Å². The van der Waals surface area contributed by atoms with Crippen LogP contribution in [0.25, 0.3) is 67.7 Å². The van der Waals surface area contributed by atoms with Gasteiger partial charge in [0.1, 0.15) is 0 Å². The van der Waals surface area contributed by atoms with Gasteiger partial charge in [-0.25, -0.2) is 4.98 Å². The lowest BCUT2D eigenvalue weighted by Crippen LogP contribution is -2.29. The van der Waals surface area contributed by atoms with Crippen LogP contribution < -0.4 is 10.4 Å². The first-order valence-corrected chi connectivity index (χ1v) is 13.6. The van der Waals surface area contributed by atoms with Gasteiger partial charge >= 0.3 is 0 Å². The Morgan fingerprint density at radius 1 is 0.436 bits per heavy atom. The van der Waals surface area contributed by atoms with Crippen molar-refractivity contribution in [2.24, 2.45) is 0 Å². The van der Waals surface area contributed by atoms with Crippen LogP contribution in [0.2, 0.25) is 0 Å². The van der Waals surface area contributed by atoms with Gasteiger partial charge in [-0.1, -0.05) is 127 Å². The lowest BCUT2D eigenvalue weighted by molar-refractivity contribution is 1.32. The zero-order valence-corrected chi connectivity index (χ0v) is 22.6. The summed E-state index contributed by atoms with van der Waals surface area (Å²) in [6, 6.07) is 43.2. The predicted octanol–water partition coefficient (Wildman–Crippen LogP) is 8.81. The lowest BCUT2D eigenvalue weighted by atomic mass is 9.88. The molecule has 0 saturated carbocycles. The molecule has 5 aromatic carbocycles. The molecular formula is C38H31N. The summed E-state index contributed by atoms with van der Waals surface area (Å²) in [4.78, 5) is 5.17. The van der Waals surface area contributed by atoms with Crippen molar-refractivity contribution in [3.63, 3.8) is 0 Å². The number of hydrogen-bond acceptors (Lipinski definition) is 1. The molecule has 0 bridgehead atoms. The maximum Gasteiger partial charge on any atom is 0.0721 e. The van der Waals surface area contributed by atoms with E-state index in [0.717, 1.165) is 17.0 Å². The summed E-state index contributed by atoms with van der Waals surface area (Å²) in [5.74, 6) is 0. The third-order valence-electron chi connectivity index (χ3n) is 7.51. The second-order valence-electron chi connectivity index (χ2n) is 9.92. The first-order valence-electron chi connectivity index (χ1n) is 13.6. The fourth-order valence-electron chi connectivity index (χ4n) is 5.58. The molecule has 0 unspecified atom stereocenters. The van der Waals surface area contributed by atoms with Gasteiger partial charge in [0.05, 0.1) is 11.4 Å². The Bertz CT molecular complexity index is 1900. The van der Waals surface area contributed by atoms with E-state index in [0.29, 0.717) is 0 Å². The monoisotopic (exact) mass is 501 g/mol. The van der Waals surface area contributed by atoms with Gasteiger partial charge in [0.15, 0.2) is 0 Å². The van der Waals surface area contributed by atoms with E-state index in [1.165, 1.54) is 54.6 Å². The van der Waals surface area contributed by atoms with Gasteiger partial charge in [-0.05, 0) is 76.4 Å². The molecule has 1 heterocycles. The molecule has 0 aliphatic rings. The molecule has 0 saturated heterocycles. The van der Waals surface area contributed by atoms with E-state index in [1.807, 2.05) is 6.07 Å². The molecule has 0 aliphatic carbocycles. The molecule has 39 heavy (non-hydrogen) atoms. The summed E-state index contributed by atoms with van der Waals surface area (Å²) in [5, 5.41) is 4.90. The smallest absolute Gasteiger partial charge is 0.0721 e. The summed E-state index contributed by atoms with van der Waals surface area (Å²) >= 11 is 0. The lowest BCUT2D eigenvalue weighted by Gasteiger charge is -2.16. The van der Waals surface area contributed by atoms with E-state index in [-0.39, 0.29) is 0 Å². The molecule has 0 aliphatic heterocycles. The predicted molar refractivity (Wildman–Crippen MR) is 168 cm³/mol. The second kappa shape index (κ2) is 10.6. The summed E-state index contributed by atoms with van der Waals surface area (Å²) < 4.78 is 0. The Hall–Kier alpha value is -4.75. The minimum atomic E-state index is 0.983. The van der Waals surface area contributed by atoms with E-state index >= 15 is 0 Å². The topological polar surface area (TPSA) is 12.9 Å². The number of benzene rings is 5. The molecule has 1 aromatic heterocycles. The SMILES string of the molecule is C/C=c1/c(-c2ccc(-c3ccc(C)cc3)cc2)c2ccccc2c(-c2cccc(-c3ccccc3)n2)/c1=C/C. The number of pyridine rings is 1. The Morgan fingerprint density at radius 2 is 0.949 bits per heavy atom. The molecule has 0 spiro atoms. The molecule has 6 rings (SSSR count). The van der Waals surface area contributed by atoms with Crippen LogP contribution in [0.1, 0.15) is 19.4 Å². The van der Waals surface area contributed by atoms with E-state index in [4.69, 9.17) is 4.98 Å². The zero-order valence-electron chi connectivity index (χ0n) is 22.6. The van der Waals surface area contributed by atoms with Crippen molar-refractivity contribution in [1.82, 2.24) is 4.98 Å². The van der Waals surface area contributed by atoms with Crippen LogP contribution in [-0.2, 0) is 0 Å². The maximum atomic E-state index is 5.17. The van der Waals surface area contributed by atoms with Crippen molar-refractivity contribution in [2.75, 3.05) is 0 Å². The Kier molecular flexibility index (Phi) is 6.65. The normalized spacial score (nSPS) is 12.3. The van der Waals surface area contributed by atoms with Crippen LogP contribution in [0.5, 0.6) is 0 Å². The van der Waals surface area contributed by atoms with Crippen LogP contribution in [0, 0.1) is 6.92 Å². The Balaban J connectivity index is 1.58. The average molecular weight is 502 g/mol. The van der Waals surface area contributed by atoms with Crippen LogP contribution in [-0.4, -0.2) is 4.98 Å². The molecule has 0 amide bonds. The number of aryl methyl sites for hydroxylation is 1. The molecular weight excluding hydrogens is 470 g/mol. The molecule has 0 N–H and O–H groups in total. The van der Waals surface area contributed by atoms with Crippen LogP contribution in [0.3, 0.4) is 0 Å². The first kappa shape index (κ1) is 24.6. The van der Waals surface area contributed by atoms with Crippen molar-refractivity contribution >= 4 is 22.9 Å². The van der Waals surface area contributed by atoms with Gasteiger partial charge in [0.25, 0.3) is 0 Å². The van der Waals surface area contributed by atoms with Crippen LogP contribution in [0.4, 0.5) is 0 Å². The fourth-order valence-corrected chi connectivity index (χ4v) is 5.58. The van der Waals surface area contributed by atoms with Gasteiger partial charge in [0, 0.05) is 11.1 Å². The fraction of sp³-hybridized carbons (Fsp3) is 0.0789. The number of aromatic nitrogens is 1. The van der Waals surface area contributed by atoms with Crippen molar-refractivity contribution < 1.29 is 0 Å². The second-order valence-corrected chi connectivity index (χ2v) is 9.92. The highest BCUT2D eigenvalue weighted by molar-refractivity contribution is 6.05. The van der Waals surface area contributed by atoms with Crippen molar-refractivity contribution in [2.45, 2.75) is 20.8 Å². The highest BCUT2D eigenvalue weighted by atomic mass is 14.7. The first-order chi connectivity index (χ1) is 19.2. The molecule has 6 aromatic rings. The summed E-state index contributed by atoms with van der Waals surface area (Å²) in [5.41, 5.74) is 10.5. The van der Waals surface area contributed by atoms with Crippen molar-refractivity contribution in [1.29, 1.82) is 0 Å². The minimum absolute atomic E-state index is 0.983. The molecule has 0 atom stereocenters. The molecule has 0 fully saturated rings. The Morgan fingerprint density at radius 3 is 1.59 bits per heavy atom. The molecule has 1 nitrogen and oxygen atoms in total. The van der Waals surface area contributed by atoms with E-state index < -0.39 is 0 Å². The highest BCUT2D eigenvalue weighted by Gasteiger charge is 2.15. The van der Waals surface area contributed by atoms with E-state index in [9.17, 15) is 0 Å². The van der Waals surface area contributed by atoms with E-state index in [1.54, 1.807) is 0 Å². The van der Waals surface area contributed by atoms with Crippen molar-refractivity contribution in [3.8, 4) is 44.8 Å². The van der Waals surface area contributed by atoms with Gasteiger partial charge < -0.3 is 0 Å². The molecule has 1 heteroatoms. The minimum Gasteiger partial charge on any atom is -0.248 e. The summed E-state index contributed by atoms with van der Waals surface area (Å²) in [6.45, 7) is 6.39. The largest absolute Gasteiger partial charge is 0.248 e. The van der Waals surface area contributed by atoms with Gasteiger partial charge in [-0.15, -0.1) is 0 Å². The summed E-state index contributed by atoms with van der Waals surface area (Å²) in [7, 11) is 0. The quantitative estimate of drug-likeness (QED) is 0.235. The van der Waals surface area contributed by atoms with E-state index in [2.05, 4.69) is 148 Å². The highest BCUT2D eigenvalue weighted by Crippen LogP contribution is 2.32. The van der Waals surface area contributed by atoms with Gasteiger partial charge in [-0.3, -0.25) is 0 Å². The third kappa shape index (κ3) is 4.57. The number of hydrogen-bond donors (Lipinski definition) is 0. The summed E-state index contributed by atoms with van der Waals surface area (Å²) in [6.07, 6.45) is 4.48. The van der Waals surface area contributed by atoms with Crippen molar-refractivity contribution in [3.05, 3.63) is 137 Å². The van der Waals surface area contributed by atoms with Gasteiger partial charge in [0.2, 0.25) is 0 Å². The standard InChI is InChI=1S/C38H31N/c1-4-31-32(5-2)38(36-17-11-16-35(39-36)29-12-7-6-8-13-29)34-15-10-9-14-33(34)37(31)30-24-22-28(23-25-30)27-20-18-26(3)19-21-27/h4-25H,1-3H3/b31-4+,32-5+. The number of rotatable bonds is 4. The number of nitrogens with zero attached hydrogens (tertiary/aromatic N) is 1. The van der Waals surface area contributed by atoms with Gasteiger partial charge in [-0.2, -0.15) is 0 Å². The zero-order chi connectivity index (χ0) is 26.8. The van der Waals surface area contributed by atoms with Crippen LogP contribution in [0.15, 0.2) is 121 Å². The average Bonchev–Trinajstić information content (AvgIpc) is 3.00. The number of fused-ring (bicyclic) bond motifs is 1. The molecule has 188 valence electrons. The maximum absolute atomic E-state index is 5.17.